The Bertz CT molecular complexity index is 159. The summed E-state index contributed by atoms with van der Waals surface area (Å²) in [5.74, 6) is 0. The van der Waals surface area contributed by atoms with Crippen LogP contribution < -0.4 is 0 Å². The molecule has 0 aliphatic rings. The van der Waals surface area contributed by atoms with Crippen LogP contribution in [0, 0.1) is 0 Å². The Morgan fingerprint density at radius 1 is 1.00 bits per heavy atom. The fourth-order valence-electron chi connectivity index (χ4n) is 1.19. The molecule has 0 saturated carbocycles. The summed E-state index contributed by atoms with van der Waals surface area (Å²) in [6, 6.07) is 0. The lowest BCUT2D eigenvalue weighted by Crippen LogP contribution is -1.74. The van der Waals surface area contributed by atoms with Gasteiger partial charge < -0.3 is 0 Å². The summed E-state index contributed by atoms with van der Waals surface area (Å²) in [5.41, 5.74) is 2.80. The third-order valence-electron chi connectivity index (χ3n) is 1.99. The number of hydrogen-bond acceptors (Lipinski definition) is 0. The van der Waals surface area contributed by atoms with E-state index in [0.717, 1.165) is 6.42 Å². The van der Waals surface area contributed by atoms with Gasteiger partial charge in [0, 0.05) is 0 Å². The molecule has 0 spiro atoms. The molecule has 0 aliphatic carbocycles. The van der Waals surface area contributed by atoms with Gasteiger partial charge in [-0.1, -0.05) is 38.5 Å². The summed E-state index contributed by atoms with van der Waals surface area (Å²) in [6.45, 7) is 5.75. The van der Waals surface area contributed by atoms with E-state index >= 15 is 0 Å². The molecule has 0 atom stereocenters. The molecule has 0 nitrogen and oxygen atoms in total. The normalized spacial score (nSPS) is 10.2. The van der Waals surface area contributed by atoms with Crippen LogP contribution in [0.2, 0.25) is 0 Å². The van der Waals surface area contributed by atoms with E-state index < -0.39 is 0 Å². The molecule has 0 fully saturated rings. The minimum absolute atomic E-state index is 1.14. The Morgan fingerprint density at radius 2 is 1.69 bits per heavy atom. The molecule has 0 unspecified atom stereocenters. The van der Waals surface area contributed by atoms with Gasteiger partial charge in [0.2, 0.25) is 0 Å². The molecule has 0 aromatic heterocycles. The Labute approximate surface area is 83.0 Å². The first kappa shape index (κ1) is 12.3. The molecule has 0 radical (unpaired) electrons. The molecule has 0 saturated heterocycles. The Hall–Kier alpha value is -0.740. The van der Waals surface area contributed by atoms with Crippen LogP contribution >= 0.6 is 0 Å². The van der Waals surface area contributed by atoms with Gasteiger partial charge in [-0.25, -0.2) is 0 Å². The average molecular weight is 178 g/mol. The second kappa shape index (κ2) is 11.3. The van der Waals surface area contributed by atoms with E-state index in [1.165, 1.54) is 38.5 Å². The molecular formula is C13H22. The molecule has 0 bridgehead atoms. The maximum Gasteiger partial charge on any atom is -0.0275 e. The largest absolute Gasteiger partial charge is 0.133 e. The number of rotatable bonds is 8. The molecule has 0 amide bonds. The zero-order chi connectivity index (χ0) is 9.78. The smallest absolute Gasteiger partial charge is 0.0275 e. The maximum atomic E-state index is 3.54. The summed E-state index contributed by atoms with van der Waals surface area (Å²) in [5, 5.41) is 0. The second-order valence-corrected chi connectivity index (χ2v) is 3.31. The van der Waals surface area contributed by atoms with Gasteiger partial charge in [-0.15, -0.1) is 5.73 Å². The summed E-state index contributed by atoms with van der Waals surface area (Å²) >= 11 is 0. The summed E-state index contributed by atoms with van der Waals surface area (Å²) in [6.07, 6.45) is 15.5. The minimum atomic E-state index is 1.14. The lowest BCUT2D eigenvalue weighted by atomic mass is 10.1. The van der Waals surface area contributed by atoms with E-state index in [1.54, 1.807) is 0 Å². The van der Waals surface area contributed by atoms with Crippen LogP contribution in [0.1, 0.15) is 51.9 Å². The fraction of sp³-hybridized carbons (Fsp3) is 0.615. The van der Waals surface area contributed by atoms with Crippen molar-refractivity contribution in [3.8, 4) is 0 Å². The van der Waals surface area contributed by atoms with Crippen molar-refractivity contribution in [2.75, 3.05) is 0 Å². The van der Waals surface area contributed by atoms with Crippen molar-refractivity contribution in [2.45, 2.75) is 51.9 Å². The van der Waals surface area contributed by atoms with Gasteiger partial charge in [0.05, 0.1) is 0 Å². The highest BCUT2D eigenvalue weighted by Gasteiger charge is 1.84. The van der Waals surface area contributed by atoms with Crippen molar-refractivity contribution in [1.29, 1.82) is 0 Å². The van der Waals surface area contributed by atoms with Crippen molar-refractivity contribution in [2.24, 2.45) is 0 Å². The van der Waals surface area contributed by atoms with Gasteiger partial charge >= 0.3 is 0 Å². The molecule has 13 heavy (non-hydrogen) atoms. The van der Waals surface area contributed by atoms with Crippen LogP contribution in [-0.2, 0) is 0 Å². The average Bonchev–Trinajstić information content (AvgIpc) is 2.16. The topological polar surface area (TPSA) is 0 Å². The van der Waals surface area contributed by atoms with Crippen LogP contribution in [0.4, 0.5) is 0 Å². The van der Waals surface area contributed by atoms with Crippen LogP contribution in [0.15, 0.2) is 30.5 Å². The first-order valence-corrected chi connectivity index (χ1v) is 5.41. The van der Waals surface area contributed by atoms with Crippen LogP contribution in [0.5, 0.6) is 0 Å². The van der Waals surface area contributed by atoms with E-state index in [4.69, 9.17) is 0 Å². The van der Waals surface area contributed by atoms with Crippen LogP contribution in [-0.4, -0.2) is 0 Å². The molecule has 0 aromatic carbocycles. The third-order valence-corrected chi connectivity index (χ3v) is 1.99. The molecule has 0 heteroatoms. The maximum absolute atomic E-state index is 3.54. The molecule has 0 N–H and O–H groups in total. The lowest BCUT2D eigenvalue weighted by molar-refractivity contribution is 0.695. The highest BCUT2D eigenvalue weighted by Crippen LogP contribution is 2.04. The number of hydrogen-bond donors (Lipinski definition) is 0. The molecule has 0 heterocycles. The van der Waals surface area contributed by atoms with Gasteiger partial charge in [-0.05, 0) is 38.2 Å². The van der Waals surface area contributed by atoms with Crippen molar-refractivity contribution in [3.63, 3.8) is 0 Å². The molecule has 0 aliphatic heterocycles. The summed E-state index contributed by atoms with van der Waals surface area (Å²) < 4.78 is 0. The van der Waals surface area contributed by atoms with Crippen LogP contribution in [0.3, 0.4) is 0 Å². The predicted molar refractivity (Wildman–Crippen MR) is 60.8 cm³/mol. The van der Waals surface area contributed by atoms with Gasteiger partial charge in [0.25, 0.3) is 0 Å². The van der Waals surface area contributed by atoms with Crippen molar-refractivity contribution < 1.29 is 0 Å². The highest BCUT2D eigenvalue weighted by atomic mass is 13.9. The van der Waals surface area contributed by atoms with Crippen LogP contribution in [0.25, 0.3) is 0 Å². The molecule has 0 aromatic rings. The standard InChI is InChI=1S/C13H22/c1-3-5-7-9-11-13-12-10-8-6-4-2/h5,8,10H,1,4,6-7,9,11-13H2,2H3. The fourth-order valence-corrected chi connectivity index (χ4v) is 1.19. The van der Waals surface area contributed by atoms with E-state index in [1.807, 2.05) is 6.08 Å². The number of allylic oxidation sites excluding steroid dienone is 3. The molecular weight excluding hydrogens is 156 g/mol. The van der Waals surface area contributed by atoms with Crippen molar-refractivity contribution in [1.82, 2.24) is 0 Å². The molecule has 0 rings (SSSR count). The van der Waals surface area contributed by atoms with E-state index in [2.05, 4.69) is 31.4 Å². The summed E-state index contributed by atoms with van der Waals surface area (Å²) in [4.78, 5) is 0. The minimum Gasteiger partial charge on any atom is -0.133 e. The van der Waals surface area contributed by atoms with Gasteiger partial charge in [-0.2, -0.15) is 0 Å². The molecule has 74 valence electrons. The predicted octanol–water partition coefficient (Wildman–Crippen LogP) is 4.63. The SMILES string of the molecule is C=C=CCCCCCC=CCCC. The van der Waals surface area contributed by atoms with Crippen molar-refractivity contribution >= 4 is 0 Å². The lowest BCUT2D eigenvalue weighted by Gasteiger charge is -1.94. The van der Waals surface area contributed by atoms with Gasteiger partial charge in [0.15, 0.2) is 0 Å². The zero-order valence-electron chi connectivity index (χ0n) is 8.89. The van der Waals surface area contributed by atoms with E-state index in [-0.39, 0.29) is 0 Å². The third kappa shape index (κ3) is 11.3. The number of unbranched alkanes of at least 4 members (excludes halogenated alkanes) is 5. The monoisotopic (exact) mass is 178 g/mol. The first-order chi connectivity index (χ1) is 6.41. The van der Waals surface area contributed by atoms with Crippen molar-refractivity contribution in [3.05, 3.63) is 30.5 Å². The van der Waals surface area contributed by atoms with E-state index in [9.17, 15) is 0 Å². The quantitative estimate of drug-likeness (QED) is 0.289. The Morgan fingerprint density at radius 3 is 2.38 bits per heavy atom. The van der Waals surface area contributed by atoms with Gasteiger partial charge in [-0.3, -0.25) is 0 Å². The first-order valence-electron chi connectivity index (χ1n) is 5.41. The van der Waals surface area contributed by atoms with Gasteiger partial charge in [0.1, 0.15) is 0 Å². The summed E-state index contributed by atoms with van der Waals surface area (Å²) in [7, 11) is 0. The van der Waals surface area contributed by atoms with E-state index in [0.29, 0.717) is 0 Å². The Kier molecular flexibility index (Phi) is 10.6. The Balaban J connectivity index is 3.03. The second-order valence-electron chi connectivity index (χ2n) is 3.31. The highest BCUT2D eigenvalue weighted by molar-refractivity contribution is 4.81. The zero-order valence-corrected chi connectivity index (χ0v) is 8.89.